The van der Waals surface area contributed by atoms with Crippen LogP contribution in [0.25, 0.3) is 0 Å². The average Bonchev–Trinajstić information content (AvgIpc) is 2.58. The highest BCUT2D eigenvalue weighted by Gasteiger charge is 2.22. The quantitative estimate of drug-likeness (QED) is 0.566. The topological polar surface area (TPSA) is 73.6 Å². The summed E-state index contributed by atoms with van der Waals surface area (Å²) in [7, 11) is 0. The minimum Gasteiger partial charge on any atom is -0.379 e. The standard InChI is InChI=1S/C19H38N2O3/c1-4-9-16(5-2)13-24-15(3)18(21-19(20)22)14-23-12-17-10-7-6-8-11-17/h15-18H,4-14H2,1-3H3,(H3,20,21,22). The van der Waals surface area contributed by atoms with Crippen LogP contribution in [-0.4, -0.2) is 38.0 Å². The van der Waals surface area contributed by atoms with Gasteiger partial charge in [0.05, 0.1) is 18.8 Å². The van der Waals surface area contributed by atoms with E-state index in [4.69, 9.17) is 15.2 Å². The van der Waals surface area contributed by atoms with Gasteiger partial charge in [-0.3, -0.25) is 0 Å². The SMILES string of the molecule is CCCC(CC)COC(C)C(COCC1CCCCC1)NC(N)=O. The molecule has 0 aromatic rings. The molecule has 0 heterocycles. The summed E-state index contributed by atoms with van der Waals surface area (Å²) in [5.41, 5.74) is 5.31. The molecule has 0 saturated heterocycles. The molecule has 1 rings (SSSR count). The molecule has 5 nitrogen and oxygen atoms in total. The highest BCUT2D eigenvalue weighted by Crippen LogP contribution is 2.23. The monoisotopic (exact) mass is 342 g/mol. The Morgan fingerprint density at radius 3 is 2.50 bits per heavy atom. The first-order chi connectivity index (χ1) is 11.6. The van der Waals surface area contributed by atoms with Gasteiger partial charge in [-0.05, 0) is 38.0 Å². The van der Waals surface area contributed by atoms with E-state index in [-0.39, 0.29) is 12.1 Å². The van der Waals surface area contributed by atoms with Gasteiger partial charge < -0.3 is 20.5 Å². The number of carbonyl (C=O) groups excluding carboxylic acids is 1. The molecule has 142 valence electrons. The smallest absolute Gasteiger partial charge is 0.312 e. The molecule has 0 radical (unpaired) electrons. The van der Waals surface area contributed by atoms with Crippen LogP contribution in [0.15, 0.2) is 0 Å². The number of amides is 2. The molecule has 2 amide bonds. The fraction of sp³-hybridized carbons (Fsp3) is 0.947. The predicted molar refractivity (Wildman–Crippen MR) is 98.0 cm³/mol. The lowest BCUT2D eigenvalue weighted by atomic mass is 9.90. The second kappa shape index (κ2) is 12.5. The summed E-state index contributed by atoms with van der Waals surface area (Å²) in [4.78, 5) is 11.3. The van der Waals surface area contributed by atoms with Crippen LogP contribution in [0.3, 0.4) is 0 Å². The zero-order chi connectivity index (χ0) is 17.8. The summed E-state index contributed by atoms with van der Waals surface area (Å²) in [5.74, 6) is 1.24. The minimum absolute atomic E-state index is 0.102. The van der Waals surface area contributed by atoms with Gasteiger partial charge in [0.15, 0.2) is 0 Å². The second-order valence-corrected chi connectivity index (χ2v) is 7.26. The zero-order valence-corrected chi connectivity index (χ0v) is 15.9. The number of nitrogens with one attached hydrogen (secondary N) is 1. The van der Waals surface area contributed by atoms with Crippen LogP contribution in [-0.2, 0) is 9.47 Å². The van der Waals surface area contributed by atoms with Crippen LogP contribution in [0, 0.1) is 11.8 Å². The molecule has 1 saturated carbocycles. The average molecular weight is 343 g/mol. The van der Waals surface area contributed by atoms with Crippen molar-refractivity contribution < 1.29 is 14.3 Å². The lowest BCUT2D eigenvalue weighted by molar-refractivity contribution is -0.0144. The molecule has 0 bridgehead atoms. The van der Waals surface area contributed by atoms with E-state index in [0.717, 1.165) is 19.6 Å². The number of carbonyl (C=O) groups is 1. The van der Waals surface area contributed by atoms with Crippen molar-refractivity contribution in [2.45, 2.75) is 84.3 Å². The van der Waals surface area contributed by atoms with Gasteiger partial charge >= 0.3 is 6.03 Å². The summed E-state index contributed by atoms with van der Waals surface area (Å²) in [6, 6.07) is -0.706. The van der Waals surface area contributed by atoms with Gasteiger partial charge in [-0.15, -0.1) is 0 Å². The van der Waals surface area contributed by atoms with E-state index in [0.29, 0.717) is 18.4 Å². The second-order valence-electron chi connectivity index (χ2n) is 7.26. The number of nitrogens with two attached hydrogens (primary N) is 1. The first kappa shape index (κ1) is 21.2. The van der Waals surface area contributed by atoms with Crippen LogP contribution in [0.2, 0.25) is 0 Å². The third kappa shape index (κ3) is 8.88. The Kier molecular flexibility index (Phi) is 11.1. The molecular weight excluding hydrogens is 304 g/mol. The van der Waals surface area contributed by atoms with Crippen molar-refractivity contribution in [2.24, 2.45) is 17.6 Å². The van der Waals surface area contributed by atoms with E-state index in [1.54, 1.807) is 0 Å². The molecule has 1 fully saturated rings. The van der Waals surface area contributed by atoms with E-state index >= 15 is 0 Å². The maximum Gasteiger partial charge on any atom is 0.312 e. The number of ether oxygens (including phenoxy) is 2. The third-order valence-electron chi connectivity index (χ3n) is 5.14. The molecular formula is C19H38N2O3. The Bertz CT molecular complexity index is 333. The molecule has 1 aliphatic carbocycles. The van der Waals surface area contributed by atoms with Crippen LogP contribution >= 0.6 is 0 Å². The van der Waals surface area contributed by atoms with Gasteiger partial charge in [0, 0.05) is 13.2 Å². The first-order valence-electron chi connectivity index (χ1n) is 9.82. The summed E-state index contributed by atoms with van der Waals surface area (Å²) < 4.78 is 11.9. The number of hydrogen-bond acceptors (Lipinski definition) is 3. The molecule has 5 heteroatoms. The molecule has 1 aliphatic rings. The molecule has 0 spiro atoms. The van der Waals surface area contributed by atoms with Gasteiger partial charge in [0.2, 0.25) is 0 Å². The fourth-order valence-corrected chi connectivity index (χ4v) is 3.41. The molecule has 3 unspecified atom stereocenters. The molecule has 0 aromatic heterocycles. The van der Waals surface area contributed by atoms with E-state index in [1.165, 1.54) is 44.9 Å². The summed E-state index contributed by atoms with van der Waals surface area (Å²) >= 11 is 0. The third-order valence-corrected chi connectivity index (χ3v) is 5.14. The van der Waals surface area contributed by atoms with E-state index in [1.807, 2.05) is 6.92 Å². The Morgan fingerprint density at radius 2 is 1.92 bits per heavy atom. The van der Waals surface area contributed by atoms with Crippen molar-refractivity contribution in [3.05, 3.63) is 0 Å². The van der Waals surface area contributed by atoms with Crippen LogP contribution in [0.1, 0.15) is 72.1 Å². The maximum absolute atomic E-state index is 11.3. The number of rotatable bonds is 12. The Labute approximate surface area is 148 Å². The lowest BCUT2D eigenvalue weighted by Gasteiger charge is -2.28. The van der Waals surface area contributed by atoms with Crippen molar-refractivity contribution >= 4 is 6.03 Å². The van der Waals surface area contributed by atoms with E-state index < -0.39 is 6.03 Å². The van der Waals surface area contributed by atoms with E-state index in [9.17, 15) is 4.79 Å². The largest absolute Gasteiger partial charge is 0.379 e. The van der Waals surface area contributed by atoms with Crippen molar-refractivity contribution in [2.75, 3.05) is 19.8 Å². The van der Waals surface area contributed by atoms with Crippen molar-refractivity contribution in [3.63, 3.8) is 0 Å². The van der Waals surface area contributed by atoms with Gasteiger partial charge in [0.25, 0.3) is 0 Å². The van der Waals surface area contributed by atoms with Gasteiger partial charge in [-0.1, -0.05) is 46.0 Å². The van der Waals surface area contributed by atoms with Gasteiger partial charge in [-0.2, -0.15) is 0 Å². The number of primary amides is 1. The highest BCUT2D eigenvalue weighted by atomic mass is 16.5. The Balaban J connectivity index is 2.36. The normalized spacial score (nSPS) is 19.6. The first-order valence-corrected chi connectivity index (χ1v) is 9.82. The summed E-state index contributed by atoms with van der Waals surface area (Å²) in [5, 5.41) is 2.78. The highest BCUT2D eigenvalue weighted by molar-refractivity contribution is 5.72. The van der Waals surface area contributed by atoms with Gasteiger partial charge in [0.1, 0.15) is 0 Å². The van der Waals surface area contributed by atoms with Crippen LogP contribution in [0.4, 0.5) is 4.79 Å². The predicted octanol–water partition coefficient (Wildman–Crippen LogP) is 3.85. The fourth-order valence-electron chi connectivity index (χ4n) is 3.41. The summed E-state index contributed by atoms with van der Waals surface area (Å²) in [6.07, 6.45) is 9.85. The van der Waals surface area contributed by atoms with Crippen molar-refractivity contribution in [1.82, 2.24) is 5.32 Å². The molecule has 3 N–H and O–H groups in total. The summed E-state index contributed by atoms with van der Waals surface area (Å²) in [6.45, 7) is 8.35. The zero-order valence-electron chi connectivity index (χ0n) is 15.9. The lowest BCUT2D eigenvalue weighted by Crippen LogP contribution is -2.48. The minimum atomic E-state index is -0.516. The number of hydrogen-bond donors (Lipinski definition) is 2. The van der Waals surface area contributed by atoms with Crippen LogP contribution < -0.4 is 11.1 Å². The van der Waals surface area contributed by atoms with Gasteiger partial charge in [-0.25, -0.2) is 4.79 Å². The van der Waals surface area contributed by atoms with E-state index in [2.05, 4.69) is 19.2 Å². The molecule has 3 atom stereocenters. The molecule has 0 aromatic carbocycles. The Morgan fingerprint density at radius 1 is 1.21 bits per heavy atom. The van der Waals surface area contributed by atoms with Crippen LogP contribution in [0.5, 0.6) is 0 Å². The maximum atomic E-state index is 11.3. The van der Waals surface area contributed by atoms with Crippen molar-refractivity contribution in [1.29, 1.82) is 0 Å². The molecule has 0 aliphatic heterocycles. The van der Waals surface area contributed by atoms with Crippen molar-refractivity contribution in [3.8, 4) is 0 Å². The Hall–Kier alpha value is -0.810. The molecule has 24 heavy (non-hydrogen) atoms. The number of urea groups is 1.